The topological polar surface area (TPSA) is 111 Å². The molecule has 0 fully saturated rings. The van der Waals surface area contributed by atoms with Crippen LogP contribution in [-0.2, 0) is 21.4 Å². The molecule has 0 saturated carbocycles. The van der Waals surface area contributed by atoms with Crippen LogP contribution in [0.15, 0.2) is 36.4 Å². The highest BCUT2D eigenvalue weighted by molar-refractivity contribution is 7.92. The van der Waals surface area contributed by atoms with Gasteiger partial charge < -0.3 is 19.5 Å². The number of carbonyl (C=O) groups excluding carboxylic acids is 2. The molecule has 0 unspecified atom stereocenters. The van der Waals surface area contributed by atoms with Crippen LogP contribution in [0.25, 0.3) is 0 Å². The Bertz CT molecular complexity index is 1040. The number of rotatable bonds is 10. The summed E-state index contributed by atoms with van der Waals surface area (Å²) < 4.78 is 41.3. The zero-order chi connectivity index (χ0) is 23.2. The number of Topliss-reactive ketones (excluding diaryl/α,β-unsaturated/α-hetero) is 1. The lowest BCUT2D eigenvalue weighted by atomic mass is 10.1. The predicted molar refractivity (Wildman–Crippen MR) is 117 cm³/mol. The summed E-state index contributed by atoms with van der Waals surface area (Å²) in [6.07, 6.45) is 1.000. The third-order valence-corrected chi connectivity index (χ3v) is 5.58. The number of methoxy groups -OCH3 is 3. The fourth-order valence-electron chi connectivity index (χ4n) is 2.90. The first-order valence-electron chi connectivity index (χ1n) is 9.25. The number of nitrogens with one attached hydrogen (secondary N) is 1. The van der Waals surface area contributed by atoms with Crippen LogP contribution < -0.4 is 23.8 Å². The molecule has 1 amide bonds. The van der Waals surface area contributed by atoms with Crippen molar-refractivity contribution < 1.29 is 32.2 Å². The van der Waals surface area contributed by atoms with Crippen LogP contribution in [0.2, 0.25) is 0 Å². The summed E-state index contributed by atoms with van der Waals surface area (Å²) >= 11 is 0. The summed E-state index contributed by atoms with van der Waals surface area (Å²) in [6, 6.07) is 9.49. The molecule has 1 N–H and O–H groups in total. The Kier molecular flexibility index (Phi) is 7.87. The molecule has 0 saturated heterocycles. The molecule has 9 nitrogen and oxygen atoms in total. The second-order valence-electron chi connectivity index (χ2n) is 6.69. The quantitative estimate of drug-likeness (QED) is 0.551. The molecular weight excluding hydrogens is 424 g/mol. The molecule has 2 aromatic rings. The van der Waals surface area contributed by atoms with Crippen LogP contribution in [0.4, 0.5) is 5.69 Å². The van der Waals surface area contributed by atoms with Crippen molar-refractivity contribution in [1.29, 1.82) is 0 Å². The molecule has 0 bridgehead atoms. The predicted octanol–water partition coefficient (Wildman–Crippen LogP) is 2.00. The number of hydrogen-bond acceptors (Lipinski definition) is 7. The molecule has 168 valence electrons. The van der Waals surface area contributed by atoms with Gasteiger partial charge in [0.2, 0.25) is 21.7 Å². The van der Waals surface area contributed by atoms with E-state index in [2.05, 4.69) is 5.32 Å². The average Bonchev–Trinajstić information content (AvgIpc) is 2.74. The maximum atomic E-state index is 12.5. The van der Waals surface area contributed by atoms with Crippen molar-refractivity contribution in [2.24, 2.45) is 0 Å². The molecule has 0 aliphatic heterocycles. The van der Waals surface area contributed by atoms with Crippen LogP contribution in [0, 0.1) is 0 Å². The second-order valence-corrected chi connectivity index (χ2v) is 8.59. The van der Waals surface area contributed by atoms with Crippen LogP contribution in [0.1, 0.15) is 22.8 Å². The summed E-state index contributed by atoms with van der Waals surface area (Å²) in [5.41, 5.74) is 1.26. The maximum absolute atomic E-state index is 12.5. The van der Waals surface area contributed by atoms with Crippen molar-refractivity contribution in [3.8, 4) is 17.2 Å². The summed E-state index contributed by atoms with van der Waals surface area (Å²) in [5, 5.41) is 2.68. The highest BCUT2D eigenvalue weighted by atomic mass is 32.2. The van der Waals surface area contributed by atoms with Gasteiger partial charge in [0.1, 0.15) is 6.54 Å². The van der Waals surface area contributed by atoms with Gasteiger partial charge in [-0.3, -0.25) is 13.9 Å². The van der Waals surface area contributed by atoms with E-state index in [1.807, 2.05) is 0 Å². The van der Waals surface area contributed by atoms with Crippen molar-refractivity contribution in [3.05, 3.63) is 47.5 Å². The molecule has 10 heteroatoms. The molecule has 31 heavy (non-hydrogen) atoms. The fourth-order valence-corrected chi connectivity index (χ4v) is 3.75. The van der Waals surface area contributed by atoms with Crippen molar-refractivity contribution in [3.63, 3.8) is 0 Å². The van der Waals surface area contributed by atoms with Gasteiger partial charge in [-0.2, -0.15) is 0 Å². The minimum atomic E-state index is -3.76. The number of nitrogens with zero attached hydrogens (tertiary/aromatic N) is 1. The number of benzene rings is 2. The van der Waals surface area contributed by atoms with Gasteiger partial charge in [-0.25, -0.2) is 8.42 Å². The molecule has 0 aliphatic carbocycles. The zero-order valence-electron chi connectivity index (χ0n) is 18.1. The number of sulfonamides is 1. The minimum Gasteiger partial charge on any atom is -0.493 e. The Hall–Kier alpha value is -3.27. The Labute approximate surface area is 182 Å². The van der Waals surface area contributed by atoms with E-state index >= 15 is 0 Å². The molecule has 0 spiro atoms. The lowest BCUT2D eigenvalue weighted by Crippen LogP contribution is -2.40. The van der Waals surface area contributed by atoms with E-state index in [9.17, 15) is 18.0 Å². The monoisotopic (exact) mass is 450 g/mol. The van der Waals surface area contributed by atoms with Crippen molar-refractivity contribution in [2.75, 3.05) is 38.4 Å². The Balaban J connectivity index is 2.19. The van der Waals surface area contributed by atoms with E-state index in [0.29, 0.717) is 28.4 Å². The summed E-state index contributed by atoms with van der Waals surface area (Å²) in [6.45, 7) is 1.05. The minimum absolute atomic E-state index is 0.112. The van der Waals surface area contributed by atoms with Crippen molar-refractivity contribution >= 4 is 27.4 Å². The van der Waals surface area contributed by atoms with E-state index in [0.717, 1.165) is 10.6 Å². The van der Waals surface area contributed by atoms with Gasteiger partial charge in [0, 0.05) is 12.1 Å². The number of anilines is 1. The van der Waals surface area contributed by atoms with E-state index < -0.39 is 22.5 Å². The SMILES string of the molecule is COc1cc(CNC(=O)CN(c2cccc(C(C)=O)c2)S(C)(=O)=O)cc(OC)c1OC. The highest BCUT2D eigenvalue weighted by Gasteiger charge is 2.22. The Morgan fingerprint density at radius 2 is 1.61 bits per heavy atom. The molecule has 0 atom stereocenters. The van der Waals surface area contributed by atoms with Crippen molar-refractivity contribution in [1.82, 2.24) is 5.32 Å². The van der Waals surface area contributed by atoms with E-state index in [1.165, 1.54) is 40.4 Å². The van der Waals surface area contributed by atoms with Gasteiger partial charge in [-0.15, -0.1) is 0 Å². The maximum Gasteiger partial charge on any atom is 0.241 e. The summed E-state index contributed by atoms with van der Waals surface area (Å²) in [4.78, 5) is 24.2. The first-order valence-corrected chi connectivity index (χ1v) is 11.1. The van der Waals surface area contributed by atoms with Gasteiger partial charge in [0.15, 0.2) is 17.3 Å². The van der Waals surface area contributed by atoms with Crippen LogP contribution >= 0.6 is 0 Å². The van der Waals surface area contributed by atoms with Gasteiger partial charge in [-0.05, 0) is 36.8 Å². The Morgan fingerprint density at radius 1 is 1.00 bits per heavy atom. The molecule has 0 heterocycles. The second kappa shape index (κ2) is 10.2. The van der Waals surface area contributed by atoms with Crippen molar-refractivity contribution in [2.45, 2.75) is 13.5 Å². The van der Waals surface area contributed by atoms with Gasteiger partial charge in [0.05, 0.1) is 33.3 Å². The zero-order valence-corrected chi connectivity index (χ0v) is 18.9. The Morgan fingerprint density at radius 3 is 2.10 bits per heavy atom. The van der Waals surface area contributed by atoms with E-state index in [-0.39, 0.29) is 18.0 Å². The highest BCUT2D eigenvalue weighted by Crippen LogP contribution is 2.38. The van der Waals surface area contributed by atoms with Gasteiger partial charge in [0.25, 0.3) is 0 Å². The van der Waals surface area contributed by atoms with E-state index in [4.69, 9.17) is 14.2 Å². The number of amides is 1. The van der Waals surface area contributed by atoms with Gasteiger partial charge in [-0.1, -0.05) is 12.1 Å². The standard InChI is InChI=1S/C21H26N2O7S/c1-14(24)16-7-6-8-17(11-16)23(31(5,26)27)13-20(25)22-12-15-9-18(28-2)21(30-4)19(10-15)29-3/h6-11H,12-13H2,1-5H3,(H,22,25). The molecular formula is C21H26N2O7S. The van der Waals surface area contributed by atoms with Crippen LogP contribution in [-0.4, -0.2) is 54.2 Å². The fraction of sp³-hybridized carbons (Fsp3) is 0.333. The largest absolute Gasteiger partial charge is 0.493 e. The van der Waals surface area contributed by atoms with Crippen LogP contribution in [0.3, 0.4) is 0 Å². The lowest BCUT2D eigenvalue weighted by Gasteiger charge is -2.22. The molecule has 2 aromatic carbocycles. The third kappa shape index (κ3) is 6.11. The first-order chi connectivity index (χ1) is 14.6. The van der Waals surface area contributed by atoms with Gasteiger partial charge >= 0.3 is 0 Å². The molecule has 0 aromatic heterocycles. The molecule has 2 rings (SSSR count). The number of carbonyl (C=O) groups is 2. The smallest absolute Gasteiger partial charge is 0.241 e. The normalized spacial score (nSPS) is 10.9. The summed E-state index contributed by atoms with van der Waals surface area (Å²) in [5.74, 6) is 0.568. The van der Waals surface area contributed by atoms with E-state index in [1.54, 1.807) is 24.3 Å². The average molecular weight is 451 g/mol. The first kappa shape index (κ1) is 24.0. The van der Waals surface area contributed by atoms with Crippen LogP contribution in [0.5, 0.6) is 17.2 Å². The number of hydrogen-bond donors (Lipinski definition) is 1. The lowest BCUT2D eigenvalue weighted by molar-refractivity contribution is -0.119. The third-order valence-electron chi connectivity index (χ3n) is 4.44. The molecule has 0 radical (unpaired) electrons. The molecule has 0 aliphatic rings. The summed E-state index contributed by atoms with van der Waals surface area (Å²) in [7, 11) is 0.695. The number of ketones is 1. The number of ether oxygens (including phenoxy) is 3.